The number of benzene rings is 2. The smallest absolute Gasteiger partial charge is 0.253 e. The van der Waals surface area contributed by atoms with Crippen molar-refractivity contribution in [3.8, 4) is 11.3 Å². The molecule has 5 nitrogen and oxygen atoms in total. The van der Waals surface area contributed by atoms with E-state index in [1.165, 1.54) is 44.2 Å². The summed E-state index contributed by atoms with van der Waals surface area (Å²) in [6.45, 7) is 3.11. The standard InChI is InChI=1S/C29H32N4O/c34-28(24-11-9-22(10-12-24)26-14-13-21-5-1-2-8-25(21)32-26)33-19-17-30-27(23-6-3-7-23)29(15-4-16-29)31-18-20-33/h1-2,5,8-14,30-31H,3-4,6-7,15-20H2. The first kappa shape index (κ1) is 21.4. The predicted molar refractivity (Wildman–Crippen MR) is 137 cm³/mol. The van der Waals surface area contributed by atoms with Gasteiger partial charge in [-0.1, -0.05) is 36.4 Å². The van der Waals surface area contributed by atoms with Gasteiger partial charge < -0.3 is 15.5 Å². The number of rotatable bonds is 2. The minimum atomic E-state index is 0.101. The summed E-state index contributed by atoms with van der Waals surface area (Å²) >= 11 is 0. The summed E-state index contributed by atoms with van der Waals surface area (Å²) < 4.78 is 0. The lowest BCUT2D eigenvalue weighted by Gasteiger charge is -2.47. The fraction of sp³-hybridized carbons (Fsp3) is 0.379. The van der Waals surface area contributed by atoms with Gasteiger partial charge in [0.25, 0.3) is 5.91 Å². The van der Waals surface area contributed by atoms with Crippen LogP contribution in [0.25, 0.3) is 22.2 Å². The van der Waals surface area contributed by atoms with E-state index in [1.54, 1.807) is 5.57 Å². The molecule has 0 atom stereocenters. The van der Waals surface area contributed by atoms with Gasteiger partial charge in [-0.3, -0.25) is 4.79 Å². The van der Waals surface area contributed by atoms with Crippen molar-refractivity contribution in [2.24, 2.45) is 0 Å². The maximum absolute atomic E-state index is 13.4. The molecule has 2 aliphatic carbocycles. The van der Waals surface area contributed by atoms with Crippen LogP contribution in [0.3, 0.4) is 0 Å². The number of pyridine rings is 1. The SMILES string of the molecule is O=C(c1ccc(-c2ccc3ccccc3n2)cc1)N1CCNC(=C2CCC2)C2(CCC2)NCC1. The quantitative estimate of drug-likeness (QED) is 0.581. The Morgan fingerprint density at radius 3 is 2.41 bits per heavy atom. The van der Waals surface area contributed by atoms with Gasteiger partial charge in [-0.2, -0.15) is 0 Å². The molecule has 1 aromatic heterocycles. The molecule has 1 saturated heterocycles. The molecule has 3 aromatic rings. The Morgan fingerprint density at radius 1 is 0.882 bits per heavy atom. The number of amides is 1. The van der Waals surface area contributed by atoms with E-state index in [0.717, 1.165) is 53.9 Å². The van der Waals surface area contributed by atoms with Gasteiger partial charge in [0.1, 0.15) is 0 Å². The molecule has 0 unspecified atom stereocenters. The summed E-state index contributed by atoms with van der Waals surface area (Å²) in [6.07, 6.45) is 7.46. The first-order chi connectivity index (χ1) is 16.7. The molecule has 3 fully saturated rings. The average Bonchev–Trinajstić information content (AvgIpc) is 2.91. The minimum absolute atomic E-state index is 0.101. The van der Waals surface area contributed by atoms with Crippen molar-refractivity contribution in [3.63, 3.8) is 0 Å². The number of allylic oxidation sites excluding steroid dienone is 1. The van der Waals surface area contributed by atoms with Crippen LogP contribution in [0.15, 0.2) is 71.9 Å². The molecule has 0 radical (unpaired) electrons. The molecule has 1 amide bonds. The van der Waals surface area contributed by atoms with E-state index in [2.05, 4.69) is 22.8 Å². The van der Waals surface area contributed by atoms with Gasteiger partial charge in [-0.15, -0.1) is 0 Å². The molecule has 3 aliphatic rings. The molecular formula is C29H32N4O. The minimum Gasteiger partial charge on any atom is -0.385 e. The van der Waals surface area contributed by atoms with Crippen molar-refractivity contribution < 1.29 is 4.79 Å². The summed E-state index contributed by atoms with van der Waals surface area (Å²) in [5, 5.41) is 8.72. The van der Waals surface area contributed by atoms with Gasteiger partial charge in [0.05, 0.1) is 16.7 Å². The zero-order valence-electron chi connectivity index (χ0n) is 19.6. The third-order valence-corrected chi connectivity index (χ3v) is 7.84. The molecule has 6 rings (SSSR count). The maximum atomic E-state index is 13.4. The van der Waals surface area contributed by atoms with E-state index in [9.17, 15) is 4.79 Å². The van der Waals surface area contributed by atoms with Crippen molar-refractivity contribution in [1.29, 1.82) is 0 Å². The van der Waals surface area contributed by atoms with E-state index >= 15 is 0 Å². The third kappa shape index (κ3) is 3.88. The highest BCUT2D eigenvalue weighted by Gasteiger charge is 2.42. The summed E-state index contributed by atoms with van der Waals surface area (Å²) in [5.41, 5.74) is 6.85. The topological polar surface area (TPSA) is 57.3 Å². The molecule has 1 spiro atoms. The van der Waals surface area contributed by atoms with Crippen molar-refractivity contribution >= 4 is 16.8 Å². The summed E-state index contributed by atoms with van der Waals surface area (Å²) in [4.78, 5) is 20.1. The second-order valence-electron chi connectivity index (χ2n) is 9.88. The number of nitrogens with one attached hydrogen (secondary N) is 2. The van der Waals surface area contributed by atoms with Crippen LogP contribution in [-0.2, 0) is 0 Å². The lowest BCUT2D eigenvalue weighted by Crippen LogP contribution is -2.57. The van der Waals surface area contributed by atoms with Crippen LogP contribution in [0.1, 0.15) is 48.9 Å². The molecule has 174 valence electrons. The van der Waals surface area contributed by atoms with Crippen LogP contribution in [0.2, 0.25) is 0 Å². The lowest BCUT2D eigenvalue weighted by molar-refractivity contribution is 0.0758. The van der Waals surface area contributed by atoms with Crippen LogP contribution in [-0.4, -0.2) is 47.5 Å². The molecular weight excluding hydrogens is 420 g/mol. The molecule has 1 aliphatic heterocycles. The Hall–Kier alpha value is -3.18. The average molecular weight is 453 g/mol. The molecule has 0 bridgehead atoms. The first-order valence-electron chi connectivity index (χ1n) is 12.7. The first-order valence-corrected chi connectivity index (χ1v) is 12.7. The van der Waals surface area contributed by atoms with Gasteiger partial charge in [0.2, 0.25) is 0 Å². The van der Waals surface area contributed by atoms with Crippen LogP contribution < -0.4 is 10.6 Å². The van der Waals surface area contributed by atoms with E-state index in [-0.39, 0.29) is 11.4 Å². The number of fused-ring (bicyclic) bond motifs is 1. The lowest BCUT2D eigenvalue weighted by atomic mass is 9.70. The normalized spacial score (nSPS) is 20.1. The zero-order valence-corrected chi connectivity index (χ0v) is 19.6. The van der Waals surface area contributed by atoms with E-state index in [0.29, 0.717) is 0 Å². The van der Waals surface area contributed by atoms with Crippen molar-refractivity contribution in [2.45, 2.75) is 44.1 Å². The van der Waals surface area contributed by atoms with E-state index in [4.69, 9.17) is 4.98 Å². The Bertz CT molecular complexity index is 1240. The Morgan fingerprint density at radius 2 is 1.68 bits per heavy atom. The monoisotopic (exact) mass is 452 g/mol. The Labute approximate surface area is 201 Å². The number of hydrogen-bond acceptors (Lipinski definition) is 4. The largest absolute Gasteiger partial charge is 0.385 e. The van der Waals surface area contributed by atoms with Crippen molar-refractivity contribution in [1.82, 2.24) is 20.5 Å². The number of aromatic nitrogens is 1. The van der Waals surface area contributed by atoms with E-state index < -0.39 is 0 Å². The second kappa shape index (κ2) is 8.88. The third-order valence-electron chi connectivity index (χ3n) is 7.84. The van der Waals surface area contributed by atoms with E-state index in [1.807, 2.05) is 53.4 Å². The molecule has 5 heteroatoms. The van der Waals surface area contributed by atoms with Crippen molar-refractivity contribution in [3.05, 3.63) is 77.5 Å². The van der Waals surface area contributed by atoms with Crippen LogP contribution in [0.4, 0.5) is 0 Å². The Kier molecular flexibility index (Phi) is 5.58. The van der Waals surface area contributed by atoms with Gasteiger partial charge >= 0.3 is 0 Å². The zero-order chi connectivity index (χ0) is 23.0. The van der Waals surface area contributed by atoms with Gasteiger partial charge in [0, 0.05) is 48.4 Å². The highest BCUT2D eigenvalue weighted by Crippen LogP contribution is 2.42. The second-order valence-corrected chi connectivity index (χ2v) is 9.88. The van der Waals surface area contributed by atoms with Crippen LogP contribution >= 0.6 is 0 Å². The maximum Gasteiger partial charge on any atom is 0.253 e. The highest BCUT2D eigenvalue weighted by molar-refractivity contribution is 5.94. The summed E-state index contributed by atoms with van der Waals surface area (Å²) in [6, 6.07) is 20.2. The number of para-hydroxylation sites is 1. The molecule has 2 saturated carbocycles. The predicted octanol–water partition coefficient (Wildman–Crippen LogP) is 4.90. The number of carbonyl (C=O) groups is 1. The summed E-state index contributed by atoms with van der Waals surface area (Å²) in [7, 11) is 0. The number of hydrogen-bond donors (Lipinski definition) is 2. The van der Waals surface area contributed by atoms with Gasteiger partial charge in [-0.25, -0.2) is 4.98 Å². The van der Waals surface area contributed by atoms with Gasteiger partial charge in [0.15, 0.2) is 0 Å². The van der Waals surface area contributed by atoms with Crippen molar-refractivity contribution in [2.75, 3.05) is 26.2 Å². The number of carbonyl (C=O) groups excluding carboxylic acids is 1. The molecule has 2 heterocycles. The number of nitrogens with zero attached hydrogens (tertiary/aromatic N) is 2. The fourth-order valence-corrected chi connectivity index (χ4v) is 5.54. The highest BCUT2D eigenvalue weighted by atomic mass is 16.2. The molecule has 34 heavy (non-hydrogen) atoms. The van der Waals surface area contributed by atoms with Gasteiger partial charge in [-0.05, 0) is 68.4 Å². The summed E-state index contributed by atoms with van der Waals surface area (Å²) in [5.74, 6) is 0.101. The Balaban J connectivity index is 1.17. The molecule has 2 N–H and O–H groups in total. The van der Waals surface area contributed by atoms with Crippen LogP contribution in [0.5, 0.6) is 0 Å². The molecule has 2 aromatic carbocycles. The van der Waals surface area contributed by atoms with Crippen LogP contribution in [0, 0.1) is 0 Å². The fourth-order valence-electron chi connectivity index (χ4n) is 5.54.